The van der Waals surface area contributed by atoms with Crippen LogP contribution in [0.25, 0.3) is 33.2 Å². The first-order valence-electron chi connectivity index (χ1n) is 15.5. The Morgan fingerprint density at radius 1 is 1.08 bits per heavy atom. The van der Waals surface area contributed by atoms with E-state index in [1.165, 1.54) is 34.9 Å². The summed E-state index contributed by atoms with van der Waals surface area (Å²) in [6, 6.07) is 6.76. The Balaban J connectivity index is 1.53. The lowest BCUT2D eigenvalue weighted by Crippen LogP contribution is -2.65. The number of carbonyl (C=O) groups is 1. The van der Waals surface area contributed by atoms with Gasteiger partial charge in [-0.3, -0.25) is 9.69 Å². The highest BCUT2D eigenvalue weighted by Gasteiger charge is 2.41. The number of anilines is 1. The SMILES string of the molecule is COc1ccc(-c2nn(C(C)c3nc4cccc(Cl)c4c(=O)n3N3CCN(C(=O)OC(C)(C)C)C(C)(C)C3)c3ncnc(N)c23)c(F)c1F. The van der Waals surface area contributed by atoms with E-state index in [1.54, 1.807) is 55.8 Å². The molecular formula is C33H36ClF2N9O4. The molecule has 6 rings (SSSR count). The van der Waals surface area contributed by atoms with Gasteiger partial charge in [-0.15, -0.1) is 0 Å². The van der Waals surface area contributed by atoms with Gasteiger partial charge in [0.1, 0.15) is 29.5 Å². The molecule has 0 aliphatic carbocycles. The first-order chi connectivity index (χ1) is 23.0. The van der Waals surface area contributed by atoms with Gasteiger partial charge in [0.15, 0.2) is 23.0 Å². The number of aromatic nitrogens is 6. The van der Waals surface area contributed by atoms with Gasteiger partial charge in [0.2, 0.25) is 5.82 Å². The van der Waals surface area contributed by atoms with E-state index in [9.17, 15) is 14.0 Å². The van der Waals surface area contributed by atoms with Gasteiger partial charge < -0.3 is 20.2 Å². The Morgan fingerprint density at radius 2 is 1.82 bits per heavy atom. The third-order valence-electron chi connectivity index (χ3n) is 8.41. The smallest absolute Gasteiger partial charge is 0.410 e. The molecular weight excluding hydrogens is 660 g/mol. The maximum absolute atomic E-state index is 15.5. The average molecular weight is 696 g/mol. The number of carbonyl (C=O) groups excluding carboxylic acids is 1. The molecule has 0 bridgehead atoms. The fourth-order valence-corrected chi connectivity index (χ4v) is 6.38. The van der Waals surface area contributed by atoms with Crippen molar-refractivity contribution in [1.82, 2.24) is 34.3 Å². The molecule has 258 valence electrons. The van der Waals surface area contributed by atoms with E-state index in [0.29, 0.717) is 5.52 Å². The summed E-state index contributed by atoms with van der Waals surface area (Å²) < 4.78 is 43.8. The molecule has 0 spiro atoms. The predicted octanol–water partition coefficient (Wildman–Crippen LogP) is 5.30. The third kappa shape index (κ3) is 5.85. The maximum Gasteiger partial charge on any atom is 0.410 e. The molecule has 1 atom stereocenters. The number of nitrogens with two attached hydrogens (primary N) is 1. The van der Waals surface area contributed by atoms with Crippen molar-refractivity contribution in [2.24, 2.45) is 0 Å². The molecule has 0 saturated carbocycles. The van der Waals surface area contributed by atoms with Crippen LogP contribution in [0, 0.1) is 11.6 Å². The molecule has 1 aliphatic heterocycles. The number of ether oxygens (including phenoxy) is 2. The third-order valence-corrected chi connectivity index (χ3v) is 8.72. The number of methoxy groups -OCH3 is 1. The maximum atomic E-state index is 15.5. The number of fused-ring (bicyclic) bond motifs is 2. The number of hydrogen-bond donors (Lipinski definition) is 1. The second-order valence-electron chi connectivity index (χ2n) is 13.4. The van der Waals surface area contributed by atoms with Crippen molar-refractivity contribution >= 4 is 45.4 Å². The minimum absolute atomic E-state index is 0.00951. The summed E-state index contributed by atoms with van der Waals surface area (Å²) in [4.78, 5) is 42.6. The summed E-state index contributed by atoms with van der Waals surface area (Å²) in [6.45, 7) is 11.6. The first-order valence-corrected chi connectivity index (χ1v) is 15.9. The molecule has 5 aromatic rings. The summed E-state index contributed by atoms with van der Waals surface area (Å²) in [5.74, 6) is -2.43. The topological polar surface area (TPSA) is 147 Å². The largest absolute Gasteiger partial charge is 0.494 e. The predicted molar refractivity (Wildman–Crippen MR) is 181 cm³/mol. The Labute approximate surface area is 285 Å². The Morgan fingerprint density at radius 3 is 2.49 bits per heavy atom. The molecule has 1 unspecified atom stereocenters. The molecule has 13 nitrogen and oxygen atoms in total. The number of rotatable bonds is 5. The molecule has 1 amide bonds. The van der Waals surface area contributed by atoms with Crippen molar-refractivity contribution in [1.29, 1.82) is 0 Å². The highest BCUT2D eigenvalue weighted by Crippen LogP contribution is 2.37. The van der Waals surface area contributed by atoms with E-state index in [2.05, 4.69) is 15.1 Å². The number of benzene rings is 2. The normalized spacial score (nSPS) is 15.6. The molecule has 1 fully saturated rings. The van der Waals surface area contributed by atoms with Crippen LogP contribution in [0.3, 0.4) is 0 Å². The van der Waals surface area contributed by atoms with E-state index >= 15 is 4.39 Å². The highest BCUT2D eigenvalue weighted by molar-refractivity contribution is 6.35. The summed E-state index contributed by atoms with van der Waals surface area (Å²) >= 11 is 6.56. The van der Waals surface area contributed by atoms with Crippen LogP contribution in [0.4, 0.5) is 19.4 Å². The minimum Gasteiger partial charge on any atom is -0.494 e. The van der Waals surface area contributed by atoms with Crippen molar-refractivity contribution in [3.63, 3.8) is 0 Å². The van der Waals surface area contributed by atoms with Gasteiger partial charge >= 0.3 is 6.09 Å². The number of piperazine rings is 1. The van der Waals surface area contributed by atoms with Gasteiger partial charge in [-0.1, -0.05) is 17.7 Å². The number of halogens is 3. The summed E-state index contributed by atoms with van der Waals surface area (Å²) in [5.41, 5.74) is 4.71. The number of nitrogens with zero attached hydrogens (tertiary/aromatic N) is 8. The zero-order valence-electron chi connectivity index (χ0n) is 28.1. The van der Waals surface area contributed by atoms with Crippen LogP contribution in [0.1, 0.15) is 53.4 Å². The standard InChI is InChI=1S/C33H36ClF2N9O4/c1-17(44-29-23(27(37)38-16-39-29)26(41-44)18-11-12-21(48-7)25(36)24(18)35)28-40-20-10-8-9-19(34)22(20)30(46)45(28)42-13-14-43(33(5,6)15-42)31(47)49-32(2,3)4/h8-12,16-17H,13-15H2,1-7H3,(H2,37,38,39). The monoisotopic (exact) mass is 695 g/mol. The molecule has 2 aromatic carbocycles. The van der Waals surface area contributed by atoms with Crippen LogP contribution in [0.5, 0.6) is 5.75 Å². The second kappa shape index (κ2) is 12.1. The Kier molecular flexibility index (Phi) is 8.37. The molecule has 0 radical (unpaired) electrons. The zero-order chi connectivity index (χ0) is 35.6. The summed E-state index contributed by atoms with van der Waals surface area (Å²) in [6.07, 6.45) is 0.768. The van der Waals surface area contributed by atoms with Gasteiger partial charge in [0.25, 0.3) is 5.56 Å². The Bertz CT molecular complexity index is 2180. The summed E-state index contributed by atoms with van der Waals surface area (Å²) in [7, 11) is 1.23. The van der Waals surface area contributed by atoms with Crippen molar-refractivity contribution in [2.45, 2.75) is 58.7 Å². The van der Waals surface area contributed by atoms with Crippen molar-refractivity contribution in [2.75, 3.05) is 37.5 Å². The lowest BCUT2D eigenvalue weighted by molar-refractivity contribution is -0.00199. The van der Waals surface area contributed by atoms with Crippen LogP contribution in [-0.2, 0) is 4.74 Å². The van der Waals surface area contributed by atoms with Crippen LogP contribution in [0.2, 0.25) is 5.02 Å². The number of amides is 1. The fourth-order valence-electron chi connectivity index (χ4n) is 6.13. The van der Waals surface area contributed by atoms with Crippen molar-refractivity contribution in [3.05, 3.63) is 69.5 Å². The molecule has 1 saturated heterocycles. The summed E-state index contributed by atoms with van der Waals surface area (Å²) in [5, 5.41) is 7.10. The van der Waals surface area contributed by atoms with Gasteiger partial charge in [-0.2, -0.15) is 9.49 Å². The minimum atomic E-state index is -1.19. The lowest BCUT2D eigenvalue weighted by atomic mass is 10.0. The Hall–Kier alpha value is -5.05. The molecule has 1 aliphatic rings. The van der Waals surface area contributed by atoms with Crippen molar-refractivity contribution in [3.8, 4) is 17.0 Å². The van der Waals surface area contributed by atoms with E-state index < -0.39 is 40.5 Å². The lowest BCUT2D eigenvalue weighted by Gasteiger charge is -2.48. The van der Waals surface area contributed by atoms with Gasteiger partial charge in [0, 0.05) is 12.1 Å². The molecule has 16 heteroatoms. The second-order valence-corrected chi connectivity index (χ2v) is 13.8. The van der Waals surface area contributed by atoms with Crippen LogP contribution < -0.4 is 21.0 Å². The van der Waals surface area contributed by atoms with Crippen molar-refractivity contribution < 1.29 is 23.0 Å². The molecule has 3 aromatic heterocycles. The number of hydrogen-bond acceptors (Lipinski definition) is 10. The van der Waals surface area contributed by atoms with Crippen LogP contribution in [-0.4, -0.2) is 78.3 Å². The fraction of sp³-hybridized carbons (Fsp3) is 0.394. The van der Waals surface area contributed by atoms with E-state index in [-0.39, 0.29) is 69.7 Å². The molecule has 4 heterocycles. The first kappa shape index (κ1) is 33.8. The quantitative estimate of drug-likeness (QED) is 0.257. The van der Waals surface area contributed by atoms with Gasteiger partial charge in [-0.05, 0) is 65.8 Å². The van der Waals surface area contributed by atoms with E-state index in [4.69, 9.17) is 31.8 Å². The molecule has 49 heavy (non-hydrogen) atoms. The average Bonchev–Trinajstić information content (AvgIpc) is 3.41. The number of nitrogen functional groups attached to an aromatic ring is 1. The van der Waals surface area contributed by atoms with Crippen LogP contribution >= 0.6 is 11.6 Å². The molecule has 2 N–H and O–H groups in total. The zero-order valence-corrected chi connectivity index (χ0v) is 28.8. The van der Waals surface area contributed by atoms with E-state index in [0.717, 1.165) is 0 Å². The van der Waals surface area contributed by atoms with Gasteiger partial charge in [-0.25, -0.2) is 33.5 Å². The highest BCUT2D eigenvalue weighted by atomic mass is 35.5. The van der Waals surface area contributed by atoms with Crippen LogP contribution in [0.15, 0.2) is 41.5 Å². The van der Waals surface area contributed by atoms with Gasteiger partial charge in [0.05, 0.1) is 47.1 Å². The van der Waals surface area contributed by atoms with E-state index in [1.807, 2.05) is 13.8 Å².